The van der Waals surface area contributed by atoms with Crippen molar-refractivity contribution in [2.24, 2.45) is 0 Å². The van der Waals surface area contributed by atoms with E-state index in [1.54, 1.807) is 24.9 Å². The Kier molecular flexibility index (Phi) is 4.60. The molecule has 5 nitrogen and oxygen atoms in total. The van der Waals surface area contributed by atoms with Crippen LogP contribution in [0.3, 0.4) is 0 Å². The van der Waals surface area contributed by atoms with E-state index in [1.807, 2.05) is 6.26 Å². The summed E-state index contributed by atoms with van der Waals surface area (Å²) in [6.45, 7) is 0.989. The standard InChI is InChI=1S/C12H20N2O3S2/c1-13-8-10-4-5-11(17-10)19(15,16)14-9-12(18-2)6-3-7-12/h4-5,13-14H,3,6-9H2,1-2H3. The number of hydrogen-bond acceptors (Lipinski definition) is 5. The van der Waals surface area contributed by atoms with Gasteiger partial charge < -0.3 is 9.73 Å². The zero-order chi connectivity index (χ0) is 13.9. The smallest absolute Gasteiger partial charge is 0.274 e. The molecule has 1 aromatic rings. The molecule has 19 heavy (non-hydrogen) atoms. The van der Waals surface area contributed by atoms with Crippen LogP contribution in [0.1, 0.15) is 25.0 Å². The van der Waals surface area contributed by atoms with Crippen LogP contribution in [0.15, 0.2) is 21.6 Å². The van der Waals surface area contributed by atoms with Crippen molar-refractivity contribution in [3.8, 4) is 0 Å². The van der Waals surface area contributed by atoms with Gasteiger partial charge in [0.25, 0.3) is 10.0 Å². The lowest BCUT2D eigenvalue weighted by Gasteiger charge is -2.40. The lowest BCUT2D eigenvalue weighted by Crippen LogP contribution is -2.45. The molecule has 0 unspecified atom stereocenters. The van der Waals surface area contributed by atoms with Gasteiger partial charge in [-0.2, -0.15) is 11.8 Å². The molecular weight excluding hydrogens is 284 g/mol. The second-order valence-electron chi connectivity index (χ2n) is 4.82. The van der Waals surface area contributed by atoms with Crippen molar-refractivity contribution < 1.29 is 12.8 Å². The predicted octanol–water partition coefficient (Wildman–Crippen LogP) is 1.56. The minimum Gasteiger partial charge on any atom is -0.447 e. The van der Waals surface area contributed by atoms with Crippen molar-refractivity contribution in [2.75, 3.05) is 19.8 Å². The summed E-state index contributed by atoms with van der Waals surface area (Å²) in [5, 5.41) is 2.91. The van der Waals surface area contributed by atoms with E-state index in [-0.39, 0.29) is 9.84 Å². The molecule has 0 radical (unpaired) electrons. The molecule has 1 saturated carbocycles. The summed E-state index contributed by atoms with van der Waals surface area (Å²) in [5.74, 6) is 0.617. The molecule has 2 N–H and O–H groups in total. The van der Waals surface area contributed by atoms with Crippen molar-refractivity contribution in [3.05, 3.63) is 17.9 Å². The maximum Gasteiger partial charge on any atom is 0.274 e. The number of rotatable bonds is 7. The van der Waals surface area contributed by atoms with Crippen LogP contribution in [0.5, 0.6) is 0 Å². The van der Waals surface area contributed by atoms with Gasteiger partial charge in [-0.25, -0.2) is 13.1 Å². The van der Waals surface area contributed by atoms with Gasteiger partial charge in [0, 0.05) is 11.3 Å². The molecule has 1 aliphatic carbocycles. The van der Waals surface area contributed by atoms with Crippen LogP contribution in [0.25, 0.3) is 0 Å². The summed E-state index contributed by atoms with van der Waals surface area (Å²) in [4.78, 5) is 0. The Balaban J connectivity index is 2.01. The van der Waals surface area contributed by atoms with E-state index in [0.29, 0.717) is 18.8 Å². The van der Waals surface area contributed by atoms with E-state index in [0.717, 1.165) is 12.8 Å². The van der Waals surface area contributed by atoms with Gasteiger partial charge in [-0.05, 0) is 38.3 Å². The van der Waals surface area contributed by atoms with Crippen molar-refractivity contribution in [2.45, 2.75) is 35.6 Å². The highest BCUT2D eigenvalue weighted by atomic mass is 32.2. The number of sulfonamides is 1. The van der Waals surface area contributed by atoms with Crippen molar-refractivity contribution >= 4 is 21.8 Å². The molecule has 1 heterocycles. The fourth-order valence-electron chi connectivity index (χ4n) is 2.09. The van der Waals surface area contributed by atoms with Gasteiger partial charge >= 0.3 is 0 Å². The highest BCUT2D eigenvalue weighted by Gasteiger charge is 2.37. The van der Waals surface area contributed by atoms with E-state index in [1.165, 1.54) is 12.5 Å². The third-order valence-electron chi connectivity index (χ3n) is 3.54. The van der Waals surface area contributed by atoms with E-state index < -0.39 is 10.0 Å². The molecule has 0 spiro atoms. The van der Waals surface area contributed by atoms with Gasteiger partial charge in [0.15, 0.2) is 0 Å². The lowest BCUT2D eigenvalue weighted by molar-refractivity contribution is 0.358. The maximum atomic E-state index is 12.1. The summed E-state index contributed by atoms with van der Waals surface area (Å²) in [6.07, 6.45) is 5.35. The summed E-state index contributed by atoms with van der Waals surface area (Å²) >= 11 is 1.74. The molecule has 7 heteroatoms. The zero-order valence-electron chi connectivity index (χ0n) is 11.2. The minimum atomic E-state index is -3.54. The first-order chi connectivity index (χ1) is 9.01. The molecule has 2 rings (SSSR count). The largest absolute Gasteiger partial charge is 0.447 e. The van der Waals surface area contributed by atoms with Crippen LogP contribution >= 0.6 is 11.8 Å². The fraction of sp³-hybridized carbons (Fsp3) is 0.667. The first-order valence-electron chi connectivity index (χ1n) is 6.29. The number of hydrogen-bond donors (Lipinski definition) is 2. The zero-order valence-corrected chi connectivity index (χ0v) is 12.9. The van der Waals surface area contributed by atoms with Crippen LogP contribution in [0, 0.1) is 0 Å². The van der Waals surface area contributed by atoms with E-state index in [2.05, 4.69) is 10.0 Å². The van der Waals surface area contributed by atoms with E-state index >= 15 is 0 Å². The van der Waals surface area contributed by atoms with Crippen LogP contribution in [-0.2, 0) is 16.6 Å². The Hall–Kier alpha value is -0.500. The summed E-state index contributed by atoms with van der Waals surface area (Å²) in [7, 11) is -1.75. The van der Waals surface area contributed by atoms with Gasteiger partial charge in [0.2, 0.25) is 5.09 Å². The Labute approximate surface area is 118 Å². The Morgan fingerprint density at radius 2 is 2.16 bits per heavy atom. The monoisotopic (exact) mass is 304 g/mol. The number of furan rings is 1. The molecule has 0 bridgehead atoms. The molecule has 0 aromatic carbocycles. The third kappa shape index (κ3) is 3.34. The molecule has 1 aromatic heterocycles. The first kappa shape index (κ1) is 14.9. The molecule has 0 atom stereocenters. The van der Waals surface area contributed by atoms with Crippen molar-refractivity contribution in [1.82, 2.24) is 10.0 Å². The van der Waals surface area contributed by atoms with Gasteiger partial charge in [0.05, 0.1) is 6.54 Å². The first-order valence-corrected chi connectivity index (χ1v) is 9.00. The molecule has 108 valence electrons. The number of nitrogens with one attached hydrogen (secondary N) is 2. The molecule has 0 amide bonds. The maximum absolute atomic E-state index is 12.1. The fourth-order valence-corrected chi connectivity index (χ4v) is 4.17. The molecular formula is C12H20N2O3S2. The number of thioether (sulfide) groups is 1. The highest BCUT2D eigenvalue weighted by molar-refractivity contribution is 8.00. The van der Waals surface area contributed by atoms with Crippen molar-refractivity contribution in [1.29, 1.82) is 0 Å². The van der Waals surface area contributed by atoms with Crippen LogP contribution < -0.4 is 10.0 Å². The normalized spacial score (nSPS) is 18.2. The summed E-state index contributed by atoms with van der Waals surface area (Å²) in [5.41, 5.74) is 0. The highest BCUT2D eigenvalue weighted by Crippen LogP contribution is 2.42. The van der Waals surface area contributed by atoms with Gasteiger partial charge in [0.1, 0.15) is 5.76 Å². The Morgan fingerprint density at radius 3 is 2.68 bits per heavy atom. The second-order valence-corrected chi connectivity index (χ2v) is 7.79. The Morgan fingerprint density at radius 1 is 1.42 bits per heavy atom. The van der Waals surface area contributed by atoms with E-state index in [9.17, 15) is 8.42 Å². The van der Waals surface area contributed by atoms with Gasteiger partial charge in [-0.15, -0.1) is 0 Å². The van der Waals surface area contributed by atoms with Crippen LogP contribution in [0.2, 0.25) is 0 Å². The summed E-state index contributed by atoms with van der Waals surface area (Å²) < 4.78 is 32.3. The molecule has 0 aliphatic heterocycles. The van der Waals surface area contributed by atoms with E-state index in [4.69, 9.17) is 4.42 Å². The summed E-state index contributed by atoms with van der Waals surface area (Å²) in [6, 6.07) is 3.18. The Bertz CT molecular complexity index is 515. The van der Waals surface area contributed by atoms with Crippen LogP contribution in [-0.4, -0.2) is 33.0 Å². The van der Waals surface area contributed by atoms with Gasteiger partial charge in [-0.1, -0.05) is 6.42 Å². The topological polar surface area (TPSA) is 71.3 Å². The molecule has 0 saturated heterocycles. The SMILES string of the molecule is CNCc1ccc(S(=O)(=O)NCC2(SC)CCC2)o1. The average Bonchev–Trinajstić information content (AvgIpc) is 2.78. The lowest BCUT2D eigenvalue weighted by atomic mass is 9.84. The minimum absolute atomic E-state index is 0.00618. The third-order valence-corrected chi connectivity index (χ3v) is 6.23. The second kappa shape index (κ2) is 5.87. The van der Waals surface area contributed by atoms with Crippen molar-refractivity contribution in [3.63, 3.8) is 0 Å². The molecule has 1 fully saturated rings. The van der Waals surface area contributed by atoms with Crippen LogP contribution in [0.4, 0.5) is 0 Å². The van der Waals surface area contributed by atoms with Gasteiger partial charge in [-0.3, -0.25) is 0 Å². The quantitative estimate of drug-likeness (QED) is 0.800. The average molecular weight is 304 g/mol. The molecule has 1 aliphatic rings. The predicted molar refractivity (Wildman–Crippen MR) is 76.8 cm³/mol.